The molecule has 3 aromatic heterocycles. The fraction of sp³-hybridized carbons (Fsp3) is 0.241. The zero-order valence-corrected chi connectivity index (χ0v) is 21.0. The van der Waals surface area contributed by atoms with Crippen molar-refractivity contribution in [1.29, 1.82) is 0 Å². The molecule has 2 aromatic carbocycles. The zero-order chi connectivity index (χ0) is 26.2. The van der Waals surface area contributed by atoms with E-state index in [9.17, 15) is 14.3 Å². The monoisotopic (exact) mass is 512 g/mol. The minimum absolute atomic E-state index is 0.0316. The molecule has 4 N–H and O–H groups in total. The fourth-order valence-electron chi connectivity index (χ4n) is 5.41. The maximum absolute atomic E-state index is 15.0. The number of fused-ring (bicyclic) bond motifs is 2. The molecule has 1 unspecified atom stereocenters. The van der Waals surface area contributed by atoms with Gasteiger partial charge in [0.2, 0.25) is 0 Å². The molecule has 9 heteroatoms. The normalized spacial score (nSPS) is 15.9. The van der Waals surface area contributed by atoms with Crippen LogP contribution >= 0.6 is 0 Å². The molecule has 1 atom stereocenters. The van der Waals surface area contributed by atoms with Crippen molar-refractivity contribution in [2.24, 2.45) is 0 Å². The van der Waals surface area contributed by atoms with E-state index in [2.05, 4.69) is 32.4 Å². The molecule has 5 aromatic rings. The lowest BCUT2D eigenvalue weighted by Gasteiger charge is -2.22. The van der Waals surface area contributed by atoms with Crippen molar-refractivity contribution >= 4 is 33.7 Å². The number of halogens is 1. The van der Waals surface area contributed by atoms with Gasteiger partial charge in [0.1, 0.15) is 5.82 Å². The van der Waals surface area contributed by atoms with E-state index in [1.165, 1.54) is 12.1 Å². The predicted octanol–water partition coefficient (Wildman–Crippen LogP) is 5.29. The van der Waals surface area contributed by atoms with Crippen molar-refractivity contribution in [3.8, 4) is 17.1 Å². The number of likely N-dealkylation sites (tertiary alicyclic amines) is 1. The molecule has 6 rings (SSSR count). The highest BCUT2D eigenvalue weighted by Gasteiger charge is 2.24. The van der Waals surface area contributed by atoms with Crippen LogP contribution in [0, 0.1) is 5.82 Å². The van der Waals surface area contributed by atoms with Crippen LogP contribution in [-0.2, 0) is 0 Å². The Kier molecular flexibility index (Phi) is 6.21. The van der Waals surface area contributed by atoms with Crippen LogP contribution < -0.4 is 10.6 Å². The van der Waals surface area contributed by atoms with Crippen LogP contribution in [-0.4, -0.2) is 56.0 Å². The van der Waals surface area contributed by atoms with Crippen LogP contribution in [0.4, 0.5) is 15.8 Å². The summed E-state index contributed by atoms with van der Waals surface area (Å²) in [7, 11) is 0. The first-order valence-electron chi connectivity index (χ1n) is 12.9. The number of aromatic hydroxyl groups is 1. The molecule has 0 radical (unpaired) electrons. The zero-order valence-electron chi connectivity index (χ0n) is 21.0. The van der Waals surface area contributed by atoms with Gasteiger partial charge < -0.3 is 20.7 Å². The topological polar surface area (TPSA) is 97.7 Å². The van der Waals surface area contributed by atoms with E-state index >= 15 is 0 Å². The van der Waals surface area contributed by atoms with Crippen molar-refractivity contribution in [1.82, 2.24) is 24.6 Å². The van der Waals surface area contributed by atoms with Gasteiger partial charge >= 0.3 is 0 Å². The smallest absolute Gasteiger partial charge is 0.254 e. The highest BCUT2D eigenvalue weighted by atomic mass is 19.1. The average molecular weight is 513 g/mol. The van der Waals surface area contributed by atoms with Crippen molar-refractivity contribution in [2.45, 2.75) is 25.8 Å². The Morgan fingerprint density at radius 3 is 2.95 bits per heavy atom. The number of carbonyl (C=O) groups is 1. The third kappa shape index (κ3) is 4.35. The Bertz CT molecular complexity index is 1640. The second kappa shape index (κ2) is 9.83. The minimum atomic E-state index is -0.578. The molecule has 0 bridgehead atoms. The number of aromatic amines is 1. The van der Waals surface area contributed by atoms with E-state index in [4.69, 9.17) is 0 Å². The van der Waals surface area contributed by atoms with Gasteiger partial charge in [-0.25, -0.2) is 9.37 Å². The molecule has 1 fully saturated rings. The summed E-state index contributed by atoms with van der Waals surface area (Å²) in [5, 5.41) is 17.7. The maximum Gasteiger partial charge on any atom is 0.254 e. The molecular formula is C29H29FN6O2. The Morgan fingerprint density at radius 2 is 2.11 bits per heavy atom. The first-order valence-corrected chi connectivity index (χ1v) is 12.9. The molecule has 0 saturated carbocycles. The van der Waals surface area contributed by atoms with E-state index in [0.29, 0.717) is 29.6 Å². The van der Waals surface area contributed by atoms with Gasteiger partial charge in [0.25, 0.3) is 5.91 Å². The van der Waals surface area contributed by atoms with Crippen molar-refractivity contribution in [2.75, 3.05) is 25.0 Å². The minimum Gasteiger partial charge on any atom is -0.494 e. The Morgan fingerprint density at radius 1 is 1.21 bits per heavy atom. The lowest BCUT2D eigenvalue weighted by molar-refractivity contribution is 0.0937. The van der Waals surface area contributed by atoms with E-state index in [-0.39, 0.29) is 11.4 Å². The number of rotatable bonds is 7. The molecule has 1 aliphatic heterocycles. The number of imidazole rings is 1. The Hall–Kier alpha value is -4.37. The third-order valence-electron chi connectivity index (χ3n) is 7.41. The molecule has 194 valence electrons. The van der Waals surface area contributed by atoms with Crippen molar-refractivity contribution in [3.05, 3.63) is 78.5 Å². The van der Waals surface area contributed by atoms with Gasteiger partial charge in [0, 0.05) is 47.6 Å². The van der Waals surface area contributed by atoms with E-state index in [1.54, 1.807) is 18.5 Å². The summed E-state index contributed by atoms with van der Waals surface area (Å²) in [4.78, 5) is 22.3. The molecule has 38 heavy (non-hydrogen) atoms. The van der Waals surface area contributed by atoms with Gasteiger partial charge in [0.05, 0.1) is 16.9 Å². The number of aromatic nitrogens is 3. The van der Waals surface area contributed by atoms with Crippen LogP contribution in [0.1, 0.15) is 30.1 Å². The van der Waals surface area contributed by atoms with Crippen LogP contribution in [0.25, 0.3) is 27.7 Å². The molecule has 1 saturated heterocycles. The number of hydrogen-bond acceptors (Lipinski definition) is 5. The number of carbonyl (C=O) groups excluding carboxylic acids is 1. The van der Waals surface area contributed by atoms with Gasteiger partial charge in [-0.15, -0.1) is 0 Å². The summed E-state index contributed by atoms with van der Waals surface area (Å²) in [6.45, 7) is 4.63. The second-order valence-corrected chi connectivity index (χ2v) is 9.65. The third-order valence-corrected chi connectivity index (χ3v) is 7.41. The molecule has 8 nitrogen and oxygen atoms in total. The first kappa shape index (κ1) is 24.0. The highest BCUT2D eigenvalue weighted by molar-refractivity contribution is 5.95. The molecule has 0 aliphatic carbocycles. The highest BCUT2D eigenvalue weighted by Crippen LogP contribution is 2.32. The number of anilines is 2. The summed E-state index contributed by atoms with van der Waals surface area (Å²) >= 11 is 0. The molecule has 0 spiro atoms. The van der Waals surface area contributed by atoms with Crippen LogP contribution in [0.15, 0.2) is 67.1 Å². The second-order valence-electron chi connectivity index (χ2n) is 9.65. The maximum atomic E-state index is 15.0. The lowest BCUT2D eigenvalue weighted by Crippen LogP contribution is -2.40. The number of nitrogens with one attached hydrogen (secondary N) is 3. The fourth-order valence-corrected chi connectivity index (χ4v) is 5.41. The predicted molar refractivity (Wildman–Crippen MR) is 146 cm³/mol. The quantitative estimate of drug-likeness (QED) is 0.238. The van der Waals surface area contributed by atoms with Crippen LogP contribution in [0.5, 0.6) is 5.88 Å². The van der Waals surface area contributed by atoms with Gasteiger partial charge in [0.15, 0.2) is 11.5 Å². The van der Waals surface area contributed by atoms with Crippen molar-refractivity contribution < 1.29 is 14.3 Å². The van der Waals surface area contributed by atoms with E-state index in [0.717, 1.165) is 48.0 Å². The number of hydrogen-bond donors (Lipinski definition) is 4. The standard InChI is InChI=1S/C29H29FN6O2/c1-2-35-12-3-4-21(35)17-33-29(38)23-8-6-20(15-24(23)30)34-25-9-10-26(36-13-11-31-27(25)36)18-5-7-22-19(14-18)16-32-28(22)37/h5-11,13-16,21,32,34,37H,2-4,12,17H2,1H3,(H,33,38). The lowest BCUT2D eigenvalue weighted by atomic mass is 10.1. The number of benzene rings is 2. The molecule has 4 heterocycles. The summed E-state index contributed by atoms with van der Waals surface area (Å²) in [5.41, 5.74) is 3.83. The van der Waals surface area contributed by atoms with Gasteiger partial charge in [-0.2, -0.15) is 0 Å². The Labute approximate surface area is 219 Å². The summed E-state index contributed by atoms with van der Waals surface area (Å²) in [5.74, 6) is -0.832. The van der Waals surface area contributed by atoms with Gasteiger partial charge in [-0.3, -0.25) is 14.1 Å². The number of nitrogens with zero attached hydrogens (tertiary/aromatic N) is 3. The SMILES string of the molecule is CCN1CCCC1CNC(=O)c1ccc(Nc2ccc(-c3ccc4c(O)[nH]cc4c3)n3ccnc23)cc1F. The Balaban J connectivity index is 1.21. The van der Waals surface area contributed by atoms with E-state index < -0.39 is 11.7 Å². The van der Waals surface area contributed by atoms with Gasteiger partial charge in [-0.05, 0) is 74.0 Å². The summed E-state index contributed by atoms with van der Waals surface area (Å²) in [6.07, 6.45) is 7.52. The van der Waals surface area contributed by atoms with E-state index in [1.807, 2.05) is 40.9 Å². The van der Waals surface area contributed by atoms with Gasteiger partial charge in [-0.1, -0.05) is 13.0 Å². The number of amides is 1. The first-order chi connectivity index (χ1) is 18.5. The molecule has 1 amide bonds. The number of likely N-dealkylation sites (N-methyl/N-ethyl adjacent to an activating group) is 1. The summed E-state index contributed by atoms with van der Waals surface area (Å²) in [6, 6.07) is 14.5. The molecular weight excluding hydrogens is 483 g/mol. The van der Waals surface area contributed by atoms with Crippen molar-refractivity contribution in [3.63, 3.8) is 0 Å². The van der Waals surface area contributed by atoms with Crippen LogP contribution in [0.2, 0.25) is 0 Å². The summed E-state index contributed by atoms with van der Waals surface area (Å²) < 4.78 is 16.9. The average Bonchev–Trinajstić information content (AvgIpc) is 3.67. The van der Waals surface area contributed by atoms with Crippen LogP contribution in [0.3, 0.4) is 0 Å². The number of H-pyrrole nitrogens is 1. The molecule has 1 aliphatic rings. The largest absolute Gasteiger partial charge is 0.494 e. The number of pyridine rings is 1.